The van der Waals surface area contributed by atoms with Crippen molar-refractivity contribution in [2.75, 3.05) is 0 Å². The normalized spacial score (nSPS) is 12.6. The van der Waals surface area contributed by atoms with Crippen LogP contribution in [0, 0.1) is 0 Å². The molecule has 0 aliphatic heterocycles. The van der Waals surface area contributed by atoms with Gasteiger partial charge in [-0.15, -0.1) is 0 Å². The lowest BCUT2D eigenvalue weighted by Gasteiger charge is -2.24. The van der Waals surface area contributed by atoms with Crippen LogP contribution in [0.1, 0.15) is 52.7 Å². The van der Waals surface area contributed by atoms with Crippen LogP contribution in [0.4, 0.5) is 0 Å². The molecule has 0 saturated carbocycles. The summed E-state index contributed by atoms with van der Waals surface area (Å²) in [6.45, 7) is 12.5. The Kier molecular flexibility index (Phi) is 5.13. The van der Waals surface area contributed by atoms with Gasteiger partial charge in [-0.25, -0.2) is 0 Å². The van der Waals surface area contributed by atoms with Gasteiger partial charge in [0.15, 0.2) is 0 Å². The lowest BCUT2D eigenvalue weighted by atomic mass is 9.66. The fourth-order valence-corrected chi connectivity index (χ4v) is 3.78. The second-order valence-electron chi connectivity index (χ2n) is 9.60. The molecule has 0 unspecified atom stereocenters. The van der Waals surface area contributed by atoms with Crippen LogP contribution in [0.15, 0.2) is 36.4 Å². The van der Waals surface area contributed by atoms with Gasteiger partial charge in [0.25, 0.3) is 0 Å². The van der Waals surface area contributed by atoms with E-state index in [1.807, 2.05) is 36.4 Å². The summed E-state index contributed by atoms with van der Waals surface area (Å²) in [5.74, 6) is 0. The summed E-state index contributed by atoms with van der Waals surface area (Å²) in [6, 6.07) is 11.5. The SMILES string of the molecule is CC(C)(C)c1ccc2c(B(O)O)c3cc(C(C)(C)C)ccc3c(B(O)O)c2c1. The van der Waals surface area contributed by atoms with Crippen molar-refractivity contribution in [3.8, 4) is 0 Å². The molecular formula is C22H28B2O4. The second kappa shape index (κ2) is 6.89. The van der Waals surface area contributed by atoms with Gasteiger partial charge in [-0.05, 0) is 54.4 Å². The Morgan fingerprint density at radius 3 is 1.11 bits per heavy atom. The third-order valence-corrected chi connectivity index (χ3v) is 5.45. The van der Waals surface area contributed by atoms with Gasteiger partial charge in [-0.3, -0.25) is 0 Å². The van der Waals surface area contributed by atoms with E-state index < -0.39 is 14.2 Å². The predicted molar refractivity (Wildman–Crippen MR) is 119 cm³/mol. The maximum Gasteiger partial charge on any atom is 0.489 e. The molecule has 6 heteroatoms. The maximum absolute atomic E-state index is 10.2. The summed E-state index contributed by atoms with van der Waals surface area (Å²) in [5, 5.41) is 43.3. The van der Waals surface area contributed by atoms with E-state index in [1.54, 1.807) is 0 Å². The highest BCUT2D eigenvalue weighted by atomic mass is 16.4. The summed E-state index contributed by atoms with van der Waals surface area (Å²) in [7, 11) is -3.35. The molecule has 28 heavy (non-hydrogen) atoms. The van der Waals surface area contributed by atoms with E-state index in [1.165, 1.54) is 0 Å². The van der Waals surface area contributed by atoms with Gasteiger partial charge in [0.2, 0.25) is 0 Å². The number of rotatable bonds is 2. The molecule has 0 aromatic heterocycles. The van der Waals surface area contributed by atoms with Crippen LogP contribution in [0.5, 0.6) is 0 Å². The summed E-state index contributed by atoms with van der Waals surface area (Å²) in [6.07, 6.45) is 0. The van der Waals surface area contributed by atoms with E-state index in [-0.39, 0.29) is 10.8 Å². The van der Waals surface area contributed by atoms with Gasteiger partial charge >= 0.3 is 14.2 Å². The van der Waals surface area contributed by atoms with Crippen LogP contribution < -0.4 is 10.9 Å². The number of hydrogen-bond donors (Lipinski definition) is 4. The minimum absolute atomic E-state index is 0.130. The Balaban J connectivity index is 2.55. The first kappa shape index (κ1) is 20.9. The molecule has 4 N–H and O–H groups in total. The summed E-state index contributed by atoms with van der Waals surface area (Å²) in [4.78, 5) is 0. The highest BCUT2D eigenvalue weighted by Crippen LogP contribution is 2.30. The van der Waals surface area contributed by atoms with Crippen molar-refractivity contribution in [1.82, 2.24) is 0 Å². The fraction of sp³-hybridized carbons (Fsp3) is 0.364. The molecule has 0 amide bonds. The van der Waals surface area contributed by atoms with Crippen LogP contribution in [0.3, 0.4) is 0 Å². The first-order valence-corrected chi connectivity index (χ1v) is 9.59. The minimum atomic E-state index is -1.68. The van der Waals surface area contributed by atoms with E-state index >= 15 is 0 Å². The molecule has 0 aliphatic rings. The monoisotopic (exact) mass is 378 g/mol. The molecule has 146 valence electrons. The topological polar surface area (TPSA) is 80.9 Å². The van der Waals surface area contributed by atoms with Crippen LogP contribution in [0.2, 0.25) is 0 Å². The molecule has 0 atom stereocenters. The smallest absolute Gasteiger partial charge is 0.423 e. The number of fused-ring (bicyclic) bond motifs is 2. The summed E-state index contributed by atoms with van der Waals surface area (Å²) >= 11 is 0. The molecule has 0 heterocycles. The van der Waals surface area contributed by atoms with Crippen molar-refractivity contribution >= 4 is 46.7 Å². The first-order chi connectivity index (χ1) is 12.8. The fourth-order valence-electron chi connectivity index (χ4n) is 3.78. The van der Waals surface area contributed by atoms with Crippen LogP contribution in [0.25, 0.3) is 21.5 Å². The molecule has 0 bridgehead atoms. The molecular weight excluding hydrogens is 350 g/mol. The highest BCUT2D eigenvalue weighted by molar-refractivity contribution is 6.71. The Bertz CT molecular complexity index is 959. The van der Waals surface area contributed by atoms with E-state index in [4.69, 9.17) is 0 Å². The predicted octanol–water partition coefficient (Wildman–Crippen LogP) is 1.95. The van der Waals surface area contributed by atoms with Crippen molar-refractivity contribution in [3.63, 3.8) is 0 Å². The standard InChI is InChI=1S/C22H28B2O4/c1-21(2,3)13-7-9-15-17(11-13)19(23(25)26)16-10-8-14(22(4,5)6)12-18(16)20(15)24(27)28/h7-12,25-28H,1-6H3. The molecule has 0 radical (unpaired) electrons. The zero-order valence-corrected chi connectivity index (χ0v) is 17.4. The maximum atomic E-state index is 10.2. The van der Waals surface area contributed by atoms with Crippen molar-refractivity contribution in [1.29, 1.82) is 0 Å². The van der Waals surface area contributed by atoms with Crippen LogP contribution in [-0.4, -0.2) is 34.3 Å². The van der Waals surface area contributed by atoms with Crippen molar-refractivity contribution < 1.29 is 20.1 Å². The van der Waals surface area contributed by atoms with E-state index in [0.717, 1.165) is 11.1 Å². The quantitative estimate of drug-likeness (QED) is 0.406. The van der Waals surface area contributed by atoms with Gasteiger partial charge < -0.3 is 20.1 Å². The van der Waals surface area contributed by atoms with Crippen molar-refractivity contribution in [3.05, 3.63) is 47.5 Å². The number of hydrogen-bond acceptors (Lipinski definition) is 4. The van der Waals surface area contributed by atoms with Gasteiger partial charge in [0.05, 0.1) is 0 Å². The molecule has 3 aromatic carbocycles. The molecule has 4 nitrogen and oxygen atoms in total. The van der Waals surface area contributed by atoms with Crippen molar-refractivity contribution in [2.45, 2.75) is 52.4 Å². The molecule has 0 spiro atoms. The molecule has 0 saturated heterocycles. The van der Waals surface area contributed by atoms with Gasteiger partial charge in [-0.2, -0.15) is 0 Å². The third-order valence-electron chi connectivity index (χ3n) is 5.45. The third kappa shape index (κ3) is 3.58. The lowest BCUT2D eigenvalue weighted by molar-refractivity contribution is 0.424. The van der Waals surface area contributed by atoms with E-state index in [9.17, 15) is 20.1 Å². The Morgan fingerprint density at radius 2 is 0.857 bits per heavy atom. The average Bonchev–Trinajstić information content (AvgIpc) is 2.55. The molecule has 0 aliphatic carbocycles. The summed E-state index contributed by atoms with van der Waals surface area (Å²) in [5.41, 5.74) is 2.59. The molecule has 0 fully saturated rings. The second-order valence-corrected chi connectivity index (χ2v) is 9.60. The lowest BCUT2D eigenvalue weighted by Crippen LogP contribution is -2.38. The van der Waals surface area contributed by atoms with Crippen LogP contribution >= 0.6 is 0 Å². The Morgan fingerprint density at radius 1 is 0.536 bits per heavy atom. The molecule has 3 aromatic rings. The zero-order valence-electron chi connectivity index (χ0n) is 17.4. The Hall–Kier alpha value is -1.85. The highest BCUT2D eigenvalue weighted by Gasteiger charge is 2.28. The average molecular weight is 378 g/mol. The number of benzene rings is 3. The summed E-state index contributed by atoms with van der Waals surface area (Å²) < 4.78 is 0. The first-order valence-electron chi connectivity index (χ1n) is 9.59. The van der Waals surface area contributed by atoms with E-state index in [2.05, 4.69) is 41.5 Å². The van der Waals surface area contributed by atoms with Crippen molar-refractivity contribution in [2.24, 2.45) is 0 Å². The van der Waals surface area contributed by atoms with Gasteiger partial charge in [0, 0.05) is 0 Å². The van der Waals surface area contributed by atoms with Gasteiger partial charge in [-0.1, -0.05) is 77.9 Å². The van der Waals surface area contributed by atoms with Gasteiger partial charge in [0.1, 0.15) is 0 Å². The molecule has 3 rings (SSSR count). The Labute approximate surface area is 167 Å². The van der Waals surface area contributed by atoms with E-state index in [0.29, 0.717) is 32.5 Å². The largest absolute Gasteiger partial charge is 0.489 e. The van der Waals surface area contributed by atoms with Crippen LogP contribution in [-0.2, 0) is 10.8 Å². The zero-order chi connectivity index (χ0) is 21.0. The minimum Gasteiger partial charge on any atom is -0.423 e.